The van der Waals surface area contributed by atoms with Crippen LogP contribution >= 0.6 is 0 Å². The Morgan fingerprint density at radius 3 is 1.87 bits per heavy atom. The van der Waals surface area contributed by atoms with Crippen molar-refractivity contribution in [2.75, 3.05) is 13.2 Å². The lowest BCUT2D eigenvalue weighted by Crippen LogP contribution is -2.03. The molecule has 0 saturated carbocycles. The minimum Gasteiger partial charge on any atom is -0.479 e. The molecule has 0 aliphatic carbocycles. The Balaban J connectivity index is 2.74. The molecule has 0 aliphatic heterocycles. The van der Waals surface area contributed by atoms with Crippen molar-refractivity contribution in [1.82, 2.24) is 15.0 Å². The van der Waals surface area contributed by atoms with Gasteiger partial charge in [0.25, 0.3) is 0 Å². The minimum absolute atomic E-state index is 0.0125. The van der Waals surface area contributed by atoms with Crippen molar-refractivity contribution in [3.05, 3.63) is 25.3 Å². The molecule has 15 heavy (non-hydrogen) atoms. The largest absolute Gasteiger partial charge is 0.479 e. The maximum Gasteiger partial charge on any atom is 0.326 e. The van der Waals surface area contributed by atoms with E-state index >= 15 is 0 Å². The fourth-order valence-corrected chi connectivity index (χ4v) is 0.724. The fraction of sp³-hybridized carbons (Fsp3) is 0.222. The van der Waals surface area contributed by atoms with E-state index in [0.717, 1.165) is 0 Å². The second kappa shape index (κ2) is 5.58. The van der Waals surface area contributed by atoms with Gasteiger partial charge in [0.2, 0.25) is 0 Å². The number of hydrogen-bond acceptors (Lipinski definition) is 6. The van der Waals surface area contributed by atoms with Crippen molar-refractivity contribution >= 4 is 0 Å². The molecule has 0 bridgehead atoms. The summed E-state index contributed by atoms with van der Waals surface area (Å²) in [5.41, 5.74) is 0. The highest BCUT2D eigenvalue weighted by molar-refractivity contribution is 5.08. The first-order valence-electron chi connectivity index (χ1n) is 4.18. The van der Waals surface area contributed by atoms with Crippen molar-refractivity contribution in [3.63, 3.8) is 0 Å². The Morgan fingerprint density at radius 2 is 1.47 bits per heavy atom. The van der Waals surface area contributed by atoms with Crippen LogP contribution in [0.4, 0.5) is 0 Å². The molecule has 1 heterocycles. The number of hydrogen-bond donors (Lipinski definition) is 1. The van der Waals surface area contributed by atoms with Gasteiger partial charge in [-0.05, 0) is 0 Å². The third-order valence-corrected chi connectivity index (χ3v) is 1.24. The van der Waals surface area contributed by atoms with E-state index in [1.807, 2.05) is 0 Å². The first-order chi connectivity index (χ1) is 7.26. The SMILES string of the molecule is C=CCOc1nc(O)nc(OCC=C)n1. The monoisotopic (exact) mass is 209 g/mol. The van der Waals surface area contributed by atoms with Gasteiger partial charge in [-0.15, -0.1) is 15.0 Å². The van der Waals surface area contributed by atoms with Gasteiger partial charge in [-0.2, -0.15) is 0 Å². The molecule has 0 fully saturated rings. The van der Waals surface area contributed by atoms with Gasteiger partial charge < -0.3 is 14.6 Å². The number of nitrogens with zero attached hydrogens (tertiary/aromatic N) is 3. The van der Waals surface area contributed by atoms with Crippen LogP contribution in [0.5, 0.6) is 18.0 Å². The maximum atomic E-state index is 9.12. The standard InChI is InChI=1S/C9H11N3O3/c1-3-5-14-8-10-7(13)11-9(12-8)15-6-4-2/h3-4H,1-2,5-6H2,(H,10,11,12,13). The first-order valence-corrected chi connectivity index (χ1v) is 4.18. The lowest BCUT2D eigenvalue weighted by Gasteiger charge is -2.04. The summed E-state index contributed by atoms with van der Waals surface area (Å²) in [6.07, 6.45) is 3.07. The molecule has 1 aromatic heterocycles. The Bertz CT molecular complexity index is 324. The van der Waals surface area contributed by atoms with Crippen LogP contribution in [0.1, 0.15) is 0 Å². The average molecular weight is 209 g/mol. The van der Waals surface area contributed by atoms with E-state index in [1.54, 1.807) is 0 Å². The zero-order valence-corrected chi connectivity index (χ0v) is 8.09. The predicted octanol–water partition coefficient (Wildman–Crippen LogP) is 0.707. The fourth-order valence-electron chi connectivity index (χ4n) is 0.724. The predicted molar refractivity (Wildman–Crippen MR) is 52.9 cm³/mol. The van der Waals surface area contributed by atoms with Crippen LogP contribution in [-0.4, -0.2) is 33.3 Å². The summed E-state index contributed by atoms with van der Waals surface area (Å²) in [7, 11) is 0. The molecule has 0 saturated heterocycles. The van der Waals surface area contributed by atoms with Crippen molar-refractivity contribution in [3.8, 4) is 18.0 Å². The molecule has 0 aliphatic rings. The molecule has 1 rings (SSSR count). The average Bonchev–Trinajstić information content (AvgIpc) is 2.23. The van der Waals surface area contributed by atoms with Crippen molar-refractivity contribution in [2.24, 2.45) is 0 Å². The second-order valence-electron chi connectivity index (χ2n) is 2.40. The van der Waals surface area contributed by atoms with E-state index in [2.05, 4.69) is 28.1 Å². The number of ether oxygens (including phenoxy) is 2. The Labute approximate surface area is 86.9 Å². The molecular formula is C9H11N3O3. The van der Waals surface area contributed by atoms with Gasteiger partial charge in [-0.25, -0.2) is 0 Å². The molecule has 1 N–H and O–H groups in total. The highest BCUT2D eigenvalue weighted by Gasteiger charge is 2.06. The van der Waals surface area contributed by atoms with E-state index < -0.39 is 6.01 Å². The molecule has 0 unspecified atom stereocenters. The van der Waals surface area contributed by atoms with E-state index in [0.29, 0.717) is 0 Å². The van der Waals surface area contributed by atoms with Crippen molar-refractivity contribution < 1.29 is 14.6 Å². The van der Waals surface area contributed by atoms with E-state index in [-0.39, 0.29) is 25.2 Å². The smallest absolute Gasteiger partial charge is 0.326 e. The van der Waals surface area contributed by atoms with Gasteiger partial charge in [0.05, 0.1) is 0 Å². The highest BCUT2D eigenvalue weighted by Crippen LogP contribution is 2.12. The van der Waals surface area contributed by atoms with Gasteiger partial charge in [-0.3, -0.25) is 0 Å². The Morgan fingerprint density at radius 1 is 1.00 bits per heavy atom. The first kappa shape index (κ1) is 11.0. The van der Waals surface area contributed by atoms with Crippen LogP contribution in [0.25, 0.3) is 0 Å². The minimum atomic E-state index is -0.455. The van der Waals surface area contributed by atoms with Crippen LogP contribution in [-0.2, 0) is 0 Å². The van der Waals surface area contributed by atoms with Crippen LogP contribution < -0.4 is 9.47 Å². The zero-order chi connectivity index (χ0) is 11.1. The summed E-state index contributed by atoms with van der Waals surface area (Å²) < 4.78 is 10.0. The molecule has 6 heteroatoms. The quantitative estimate of drug-likeness (QED) is 0.695. The summed E-state index contributed by atoms with van der Waals surface area (Å²) in [4.78, 5) is 10.9. The van der Waals surface area contributed by atoms with E-state index in [9.17, 15) is 0 Å². The Hall–Kier alpha value is -2.11. The van der Waals surface area contributed by atoms with Gasteiger partial charge in [0.15, 0.2) is 0 Å². The van der Waals surface area contributed by atoms with Gasteiger partial charge >= 0.3 is 18.0 Å². The summed E-state index contributed by atoms with van der Waals surface area (Å²) in [6.45, 7) is 7.41. The Kier molecular flexibility index (Phi) is 4.08. The summed E-state index contributed by atoms with van der Waals surface area (Å²) in [6, 6.07) is -0.481. The third-order valence-electron chi connectivity index (χ3n) is 1.24. The van der Waals surface area contributed by atoms with Gasteiger partial charge in [-0.1, -0.05) is 25.3 Å². The molecule has 0 aromatic carbocycles. The van der Waals surface area contributed by atoms with Crippen molar-refractivity contribution in [1.29, 1.82) is 0 Å². The second-order valence-corrected chi connectivity index (χ2v) is 2.40. The van der Waals surface area contributed by atoms with E-state index in [4.69, 9.17) is 14.6 Å². The lowest BCUT2D eigenvalue weighted by molar-refractivity contribution is 0.282. The number of aromatic nitrogens is 3. The number of rotatable bonds is 6. The normalized spacial score (nSPS) is 9.33. The lowest BCUT2D eigenvalue weighted by atomic mass is 10.7. The summed E-state index contributed by atoms with van der Waals surface area (Å²) >= 11 is 0. The molecule has 1 aromatic rings. The maximum absolute atomic E-state index is 9.12. The molecule has 0 spiro atoms. The molecule has 6 nitrogen and oxygen atoms in total. The molecule has 0 amide bonds. The van der Waals surface area contributed by atoms with Crippen LogP contribution in [0.2, 0.25) is 0 Å². The topological polar surface area (TPSA) is 77.4 Å². The summed E-state index contributed by atoms with van der Waals surface area (Å²) in [5.74, 6) is 0. The summed E-state index contributed by atoms with van der Waals surface area (Å²) in [5, 5.41) is 9.12. The van der Waals surface area contributed by atoms with Crippen LogP contribution in [0, 0.1) is 0 Å². The zero-order valence-electron chi connectivity index (χ0n) is 8.09. The van der Waals surface area contributed by atoms with Crippen LogP contribution in [0.3, 0.4) is 0 Å². The third kappa shape index (κ3) is 3.63. The van der Waals surface area contributed by atoms with Crippen LogP contribution in [0.15, 0.2) is 25.3 Å². The van der Waals surface area contributed by atoms with Gasteiger partial charge in [0, 0.05) is 0 Å². The molecule has 80 valence electrons. The highest BCUT2D eigenvalue weighted by atomic mass is 16.5. The molecular weight excluding hydrogens is 198 g/mol. The van der Waals surface area contributed by atoms with Gasteiger partial charge in [0.1, 0.15) is 13.2 Å². The van der Waals surface area contributed by atoms with E-state index in [1.165, 1.54) is 12.2 Å². The van der Waals surface area contributed by atoms with Crippen molar-refractivity contribution in [2.45, 2.75) is 0 Å². The molecule has 0 atom stereocenters. The number of aromatic hydroxyl groups is 1. The molecule has 0 radical (unpaired) electrons.